The van der Waals surface area contributed by atoms with E-state index in [2.05, 4.69) is 27.1 Å². The van der Waals surface area contributed by atoms with Gasteiger partial charge in [0.1, 0.15) is 5.60 Å². The standard InChI is InChI=1S/C17H28N4O3/c1-6-23-15-11-18-10-14(20-15)21-8-7-13(9-12(21)2)19-16(22)24-17(3,4)5/h10-13H,6-9H2,1-5H3,(H,19,22). The van der Waals surface area contributed by atoms with Crippen molar-refractivity contribution in [3.63, 3.8) is 0 Å². The molecular formula is C17H28N4O3. The van der Waals surface area contributed by atoms with Crippen LogP contribution in [0.5, 0.6) is 5.88 Å². The third-order valence-corrected chi connectivity index (χ3v) is 3.78. The number of carbonyl (C=O) groups excluding carboxylic acids is 1. The van der Waals surface area contributed by atoms with Crippen LogP contribution >= 0.6 is 0 Å². The Morgan fingerprint density at radius 3 is 2.79 bits per heavy atom. The topological polar surface area (TPSA) is 76.6 Å². The van der Waals surface area contributed by atoms with E-state index in [1.165, 1.54) is 0 Å². The first kappa shape index (κ1) is 18.3. The Bertz CT molecular complexity index is 559. The zero-order valence-corrected chi connectivity index (χ0v) is 15.2. The van der Waals surface area contributed by atoms with Crippen molar-refractivity contribution >= 4 is 11.9 Å². The summed E-state index contributed by atoms with van der Waals surface area (Å²) in [5, 5.41) is 2.96. The molecule has 2 atom stereocenters. The van der Waals surface area contributed by atoms with Crippen LogP contribution in [0.4, 0.5) is 10.6 Å². The van der Waals surface area contributed by atoms with E-state index in [4.69, 9.17) is 9.47 Å². The SMILES string of the molecule is CCOc1cncc(N2CCC(NC(=O)OC(C)(C)C)CC2C)n1. The van der Waals surface area contributed by atoms with Gasteiger partial charge in [0.2, 0.25) is 5.88 Å². The number of anilines is 1. The van der Waals surface area contributed by atoms with Gasteiger partial charge in [-0.1, -0.05) is 0 Å². The zero-order chi connectivity index (χ0) is 17.7. The van der Waals surface area contributed by atoms with E-state index in [0.29, 0.717) is 12.5 Å². The van der Waals surface area contributed by atoms with Crippen molar-refractivity contribution < 1.29 is 14.3 Å². The molecule has 0 radical (unpaired) electrons. The van der Waals surface area contributed by atoms with Crippen LogP contribution in [0.1, 0.15) is 47.5 Å². The van der Waals surface area contributed by atoms with E-state index in [-0.39, 0.29) is 18.2 Å². The highest BCUT2D eigenvalue weighted by Crippen LogP contribution is 2.24. The number of hydrogen-bond acceptors (Lipinski definition) is 6. The van der Waals surface area contributed by atoms with E-state index >= 15 is 0 Å². The van der Waals surface area contributed by atoms with Crippen molar-refractivity contribution in [2.24, 2.45) is 0 Å². The highest BCUT2D eigenvalue weighted by molar-refractivity contribution is 5.68. The Morgan fingerprint density at radius 2 is 2.17 bits per heavy atom. The minimum Gasteiger partial charge on any atom is -0.477 e. The van der Waals surface area contributed by atoms with Gasteiger partial charge >= 0.3 is 6.09 Å². The highest BCUT2D eigenvalue weighted by Gasteiger charge is 2.29. The Balaban J connectivity index is 1.93. The Morgan fingerprint density at radius 1 is 1.42 bits per heavy atom. The van der Waals surface area contributed by atoms with E-state index in [1.54, 1.807) is 12.4 Å². The maximum atomic E-state index is 11.9. The molecule has 1 N–H and O–H groups in total. The number of nitrogens with one attached hydrogen (secondary N) is 1. The van der Waals surface area contributed by atoms with E-state index in [1.807, 2.05) is 27.7 Å². The monoisotopic (exact) mass is 336 g/mol. The summed E-state index contributed by atoms with van der Waals surface area (Å²) in [4.78, 5) is 22.8. The molecule has 1 aliphatic rings. The molecule has 2 unspecified atom stereocenters. The van der Waals surface area contributed by atoms with Gasteiger partial charge in [-0.15, -0.1) is 0 Å². The predicted octanol–water partition coefficient (Wildman–Crippen LogP) is 2.76. The van der Waals surface area contributed by atoms with Gasteiger partial charge in [0.15, 0.2) is 5.82 Å². The largest absolute Gasteiger partial charge is 0.477 e. The fourth-order valence-electron chi connectivity index (χ4n) is 2.81. The quantitative estimate of drug-likeness (QED) is 0.911. The first-order chi connectivity index (χ1) is 11.3. The number of piperidine rings is 1. The molecule has 7 heteroatoms. The molecule has 7 nitrogen and oxygen atoms in total. The number of rotatable bonds is 4. The lowest BCUT2D eigenvalue weighted by atomic mass is 9.98. The number of ether oxygens (including phenoxy) is 2. The molecule has 0 aliphatic carbocycles. The molecule has 1 aromatic rings. The summed E-state index contributed by atoms with van der Waals surface area (Å²) in [7, 11) is 0. The average Bonchev–Trinajstić information content (AvgIpc) is 2.46. The molecule has 0 saturated carbocycles. The molecule has 0 aromatic carbocycles. The van der Waals surface area contributed by atoms with E-state index < -0.39 is 5.60 Å². The normalized spacial score (nSPS) is 21.3. The third kappa shape index (κ3) is 5.25. The highest BCUT2D eigenvalue weighted by atomic mass is 16.6. The van der Waals surface area contributed by atoms with Crippen LogP contribution in [0.2, 0.25) is 0 Å². The van der Waals surface area contributed by atoms with Crippen molar-refractivity contribution in [3.8, 4) is 5.88 Å². The molecule has 1 fully saturated rings. The number of nitrogens with zero attached hydrogens (tertiary/aromatic N) is 3. The average molecular weight is 336 g/mol. The Hall–Kier alpha value is -2.05. The van der Waals surface area contributed by atoms with Crippen LogP contribution in [0.25, 0.3) is 0 Å². The van der Waals surface area contributed by atoms with Gasteiger partial charge < -0.3 is 19.7 Å². The predicted molar refractivity (Wildman–Crippen MR) is 92.4 cm³/mol. The zero-order valence-electron chi connectivity index (χ0n) is 15.2. The van der Waals surface area contributed by atoms with Crippen LogP contribution in [0.15, 0.2) is 12.4 Å². The van der Waals surface area contributed by atoms with Crippen molar-refractivity contribution in [2.45, 2.75) is 65.1 Å². The summed E-state index contributed by atoms with van der Waals surface area (Å²) >= 11 is 0. The number of alkyl carbamates (subject to hydrolysis) is 1. The second-order valence-corrected chi connectivity index (χ2v) is 7.06. The molecule has 1 saturated heterocycles. The van der Waals surface area contributed by atoms with Crippen molar-refractivity contribution in [1.82, 2.24) is 15.3 Å². The summed E-state index contributed by atoms with van der Waals surface area (Å²) in [5.74, 6) is 1.35. The second-order valence-electron chi connectivity index (χ2n) is 7.06. The van der Waals surface area contributed by atoms with Gasteiger partial charge in [0.05, 0.1) is 19.0 Å². The number of aromatic nitrogens is 2. The summed E-state index contributed by atoms with van der Waals surface area (Å²) in [6.07, 6.45) is 4.69. The van der Waals surface area contributed by atoms with Gasteiger partial charge in [-0.2, -0.15) is 4.98 Å². The van der Waals surface area contributed by atoms with Crippen molar-refractivity contribution in [2.75, 3.05) is 18.1 Å². The molecular weight excluding hydrogens is 308 g/mol. The molecule has 2 rings (SSSR count). The molecule has 24 heavy (non-hydrogen) atoms. The fourth-order valence-corrected chi connectivity index (χ4v) is 2.81. The lowest BCUT2D eigenvalue weighted by molar-refractivity contribution is 0.0494. The van der Waals surface area contributed by atoms with Gasteiger partial charge in [-0.3, -0.25) is 4.98 Å². The molecule has 1 aromatic heterocycles. The summed E-state index contributed by atoms with van der Waals surface area (Å²) in [5.41, 5.74) is -0.480. The molecule has 134 valence electrons. The van der Waals surface area contributed by atoms with Crippen molar-refractivity contribution in [3.05, 3.63) is 12.4 Å². The van der Waals surface area contributed by atoms with Crippen LogP contribution in [-0.4, -0.2) is 46.9 Å². The number of amides is 1. The first-order valence-electron chi connectivity index (χ1n) is 8.49. The lowest BCUT2D eigenvalue weighted by Crippen LogP contribution is -2.50. The first-order valence-corrected chi connectivity index (χ1v) is 8.49. The summed E-state index contributed by atoms with van der Waals surface area (Å²) in [6, 6.07) is 0.346. The molecule has 0 spiro atoms. The maximum Gasteiger partial charge on any atom is 0.407 e. The number of carbonyl (C=O) groups is 1. The maximum absolute atomic E-state index is 11.9. The minimum atomic E-state index is -0.480. The fraction of sp³-hybridized carbons (Fsp3) is 0.706. The summed E-state index contributed by atoms with van der Waals surface area (Å²) < 4.78 is 10.7. The Labute approximate surface area is 143 Å². The minimum absolute atomic E-state index is 0.106. The van der Waals surface area contributed by atoms with Crippen LogP contribution in [0, 0.1) is 0 Å². The molecule has 2 heterocycles. The van der Waals surface area contributed by atoms with Crippen LogP contribution in [0.3, 0.4) is 0 Å². The summed E-state index contributed by atoms with van der Waals surface area (Å²) in [6.45, 7) is 11.0. The number of hydrogen-bond donors (Lipinski definition) is 1. The van der Waals surface area contributed by atoms with Crippen molar-refractivity contribution in [1.29, 1.82) is 0 Å². The van der Waals surface area contributed by atoms with Crippen LogP contribution < -0.4 is 15.0 Å². The molecule has 1 aliphatic heterocycles. The van der Waals surface area contributed by atoms with Gasteiger partial charge in [0.25, 0.3) is 0 Å². The van der Waals surface area contributed by atoms with Gasteiger partial charge in [0, 0.05) is 18.6 Å². The molecule has 0 bridgehead atoms. The second kappa shape index (κ2) is 7.68. The van der Waals surface area contributed by atoms with E-state index in [0.717, 1.165) is 25.2 Å². The van der Waals surface area contributed by atoms with Gasteiger partial charge in [-0.25, -0.2) is 4.79 Å². The van der Waals surface area contributed by atoms with Gasteiger partial charge in [-0.05, 0) is 47.5 Å². The van der Waals surface area contributed by atoms with Crippen LogP contribution in [-0.2, 0) is 4.74 Å². The Kier molecular flexibility index (Phi) is 5.85. The smallest absolute Gasteiger partial charge is 0.407 e. The molecule has 1 amide bonds. The third-order valence-electron chi connectivity index (χ3n) is 3.78. The lowest BCUT2D eigenvalue weighted by Gasteiger charge is -2.38. The van der Waals surface area contributed by atoms with E-state index in [9.17, 15) is 4.79 Å².